The molecule has 2 fully saturated rings. The Morgan fingerprint density at radius 2 is 2.12 bits per heavy atom. The van der Waals surface area contributed by atoms with Crippen LogP contribution in [0, 0.1) is 11.8 Å². The Bertz CT molecular complexity index is 271. The lowest BCUT2D eigenvalue weighted by atomic mass is 9.72. The van der Waals surface area contributed by atoms with Gasteiger partial charge in [0.05, 0.1) is 13.5 Å². The molecule has 3 heteroatoms. The van der Waals surface area contributed by atoms with Crippen molar-refractivity contribution < 1.29 is 9.53 Å². The van der Waals surface area contributed by atoms with Gasteiger partial charge in [0.25, 0.3) is 0 Å². The van der Waals surface area contributed by atoms with Crippen molar-refractivity contribution in [1.29, 1.82) is 0 Å². The molecule has 0 aromatic carbocycles. The number of carbonyl (C=O) groups is 1. The van der Waals surface area contributed by atoms with Crippen molar-refractivity contribution in [3.05, 3.63) is 0 Å². The van der Waals surface area contributed by atoms with Gasteiger partial charge in [-0.2, -0.15) is 0 Å². The van der Waals surface area contributed by atoms with E-state index in [1.807, 2.05) is 0 Å². The maximum absolute atomic E-state index is 11.6. The minimum Gasteiger partial charge on any atom is -0.469 e. The quantitative estimate of drug-likeness (QED) is 0.749. The van der Waals surface area contributed by atoms with Crippen LogP contribution >= 0.6 is 0 Å². The van der Waals surface area contributed by atoms with Crippen LogP contribution in [0.1, 0.15) is 51.9 Å². The Hall–Kier alpha value is -0.570. The van der Waals surface area contributed by atoms with Gasteiger partial charge in [-0.3, -0.25) is 4.79 Å². The predicted molar refractivity (Wildman–Crippen MR) is 67.7 cm³/mol. The smallest absolute Gasteiger partial charge is 0.307 e. The third kappa shape index (κ3) is 3.21. The van der Waals surface area contributed by atoms with Gasteiger partial charge < -0.3 is 10.1 Å². The largest absolute Gasteiger partial charge is 0.469 e. The molecule has 2 atom stereocenters. The van der Waals surface area contributed by atoms with Crippen LogP contribution in [0.2, 0.25) is 0 Å². The first kappa shape index (κ1) is 12.9. The van der Waals surface area contributed by atoms with Crippen LogP contribution in [0.3, 0.4) is 0 Å². The van der Waals surface area contributed by atoms with E-state index in [9.17, 15) is 4.79 Å². The minimum atomic E-state index is -0.0672. The topological polar surface area (TPSA) is 38.3 Å². The molecule has 0 spiro atoms. The summed E-state index contributed by atoms with van der Waals surface area (Å²) in [7, 11) is 1.49. The Morgan fingerprint density at radius 3 is 2.71 bits per heavy atom. The summed E-state index contributed by atoms with van der Waals surface area (Å²) in [5.41, 5.74) is 0.0212. The Kier molecular flexibility index (Phi) is 4.08. The fourth-order valence-electron chi connectivity index (χ4n) is 3.49. The van der Waals surface area contributed by atoms with Gasteiger partial charge >= 0.3 is 5.97 Å². The summed E-state index contributed by atoms with van der Waals surface area (Å²) >= 11 is 0. The summed E-state index contributed by atoms with van der Waals surface area (Å²) in [4.78, 5) is 11.6. The SMILES string of the molecule is CCNC1(CC(=O)OC)CCCC(C2CC2)C1. The highest BCUT2D eigenvalue weighted by molar-refractivity contribution is 5.70. The van der Waals surface area contributed by atoms with Crippen LogP contribution in [0.15, 0.2) is 0 Å². The number of hydrogen-bond donors (Lipinski definition) is 1. The van der Waals surface area contributed by atoms with Gasteiger partial charge in [-0.25, -0.2) is 0 Å². The zero-order valence-electron chi connectivity index (χ0n) is 11.1. The van der Waals surface area contributed by atoms with Gasteiger partial charge in [0.1, 0.15) is 0 Å². The standard InChI is InChI=1S/C14H25NO2/c1-3-15-14(10-13(16)17-2)8-4-5-12(9-14)11-6-7-11/h11-12,15H,3-10H2,1-2H3. The molecule has 2 unspecified atom stereocenters. The number of ether oxygens (including phenoxy) is 1. The molecule has 17 heavy (non-hydrogen) atoms. The molecule has 2 rings (SSSR count). The van der Waals surface area contributed by atoms with Crippen LogP contribution in [0.4, 0.5) is 0 Å². The van der Waals surface area contributed by atoms with Gasteiger partial charge in [0.15, 0.2) is 0 Å². The molecule has 0 saturated heterocycles. The van der Waals surface area contributed by atoms with Crippen LogP contribution in [0.25, 0.3) is 0 Å². The molecule has 0 aromatic heterocycles. The Labute approximate surface area is 104 Å². The molecule has 3 nitrogen and oxygen atoms in total. The van der Waals surface area contributed by atoms with Crippen LogP contribution in [0.5, 0.6) is 0 Å². The van der Waals surface area contributed by atoms with Crippen molar-refractivity contribution >= 4 is 5.97 Å². The average molecular weight is 239 g/mol. The van der Waals surface area contributed by atoms with Crippen molar-refractivity contribution in [3.8, 4) is 0 Å². The molecule has 0 heterocycles. The van der Waals surface area contributed by atoms with Crippen molar-refractivity contribution in [2.45, 2.75) is 57.4 Å². The summed E-state index contributed by atoms with van der Waals surface area (Å²) in [5, 5.41) is 3.58. The van der Waals surface area contributed by atoms with Crippen LogP contribution in [-0.4, -0.2) is 25.2 Å². The van der Waals surface area contributed by atoms with E-state index in [1.54, 1.807) is 0 Å². The highest BCUT2D eigenvalue weighted by Gasteiger charge is 2.42. The zero-order chi connectivity index (χ0) is 12.3. The van der Waals surface area contributed by atoms with Crippen molar-refractivity contribution in [2.24, 2.45) is 11.8 Å². The molecule has 2 saturated carbocycles. The molecule has 98 valence electrons. The lowest BCUT2D eigenvalue weighted by Gasteiger charge is -2.41. The van der Waals surface area contributed by atoms with E-state index in [0.29, 0.717) is 6.42 Å². The van der Waals surface area contributed by atoms with Crippen molar-refractivity contribution in [1.82, 2.24) is 5.32 Å². The van der Waals surface area contributed by atoms with Gasteiger partial charge in [-0.1, -0.05) is 19.8 Å². The second kappa shape index (κ2) is 5.38. The number of methoxy groups -OCH3 is 1. The fraction of sp³-hybridized carbons (Fsp3) is 0.929. The number of esters is 1. The monoisotopic (exact) mass is 239 g/mol. The summed E-state index contributed by atoms with van der Waals surface area (Å²) < 4.78 is 4.86. The second-order valence-electron chi connectivity index (χ2n) is 5.76. The van der Waals surface area contributed by atoms with Gasteiger partial charge in [-0.05, 0) is 44.1 Å². The minimum absolute atomic E-state index is 0.0212. The van der Waals surface area contributed by atoms with E-state index in [1.165, 1.54) is 39.2 Å². The van der Waals surface area contributed by atoms with Crippen molar-refractivity contribution in [2.75, 3.05) is 13.7 Å². The summed E-state index contributed by atoms with van der Waals surface area (Å²) in [6.45, 7) is 3.06. The Balaban J connectivity index is 2.00. The van der Waals surface area contributed by atoms with E-state index in [4.69, 9.17) is 4.74 Å². The molecule has 0 aliphatic heterocycles. The maximum atomic E-state index is 11.6. The predicted octanol–water partition coefficient (Wildman–Crippen LogP) is 2.50. The van der Waals surface area contributed by atoms with Crippen molar-refractivity contribution in [3.63, 3.8) is 0 Å². The normalized spacial score (nSPS) is 33.4. The van der Waals surface area contributed by atoms with E-state index >= 15 is 0 Å². The zero-order valence-corrected chi connectivity index (χ0v) is 11.1. The first-order valence-electron chi connectivity index (χ1n) is 7.01. The van der Waals surface area contributed by atoms with E-state index < -0.39 is 0 Å². The van der Waals surface area contributed by atoms with Gasteiger partial charge in [0, 0.05) is 5.54 Å². The Morgan fingerprint density at radius 1 is 1.35 bits per heavy atom. The molecule has 0 radical (unpaired) electrons. The number of hydrogen-bond acceptors (Lipinski definition) is 3. The summed E-state index contributed by atoms with van der Waals surface area (Å²) in [6, 6.07) is 0. The molecular weight excluding hydrogens is 214 g/mol. The first-order chi connectivity index (χ1) is 8.19. The van der Waals surface area contributed by atoms with Crippen LogP contribution in [-0.2, 0) is 9.53 Å². The molecule has 2 aliphatic carbocycles. The highest BCUT2D eigenvalue weighted by Crippen LogP contribution is 2.47. The van der Waals surface area contributed by atoms with Crippen LogP contribution < -0.4 is 5.32 Å². The molecule has 0 bridgehead atoms. The third-order valence-corrected chi connectivity index (χ3v) is 4.43. The maximum Gasteiger partial charge on any atom is 0.307 e. The third-order valence-electron chi connectivity index (χ3n) is 4.43. The number of nitrogens with one attached hydrogen (secondary N) is 1. The van der Waals surface area contributed by atoms with Gasteiger partial charge in [-0.15, -0.1) is 0 Å². The lowest BCUT2D eigenvalue weighted by Crippen LogP contribution is -2.50. The lowest BCUT2D eigenvalue weighted by molar-refractivity contribution is -0.143. The first-order valence-corrected chi connectivity index (χ1v) is 7.01. The fourth-order valence-corrected chi connectivity index (χ4v) is 3.49. The average Bonchev–Trinajstić information content (AvgIpc) is 3.13. The summed E-state index contributed by atoms with van der Waals surface area (Å²) in [6.07, 6.45) is 8.26. The highest BCUT2D eigenvalue weighted by atomic mass is 16.5. The number of rotatable bonds is 5. The summed E-state index contributed by atoms with van der Waals surface area (Å²) in [5.74, 6) is 1.72. The van der Waals surface area contributed by atoms with Gasteiger partial charge in [0.2, 0.25) is 0 Å². The van der Waals surface area contributed by atoms with E-state index in [2.05, 4.69) is 12.2 Å². The molecule has 0 amide bonds. The molecule has 1 N–H and O–H groups in total. The molecule has 0 aromatic rings. The van der Waals surface area contributed by atoms with E-state index in [-0.39, 0.29) is 11.5 Å². The second-order valence-corrected chi connectivity index (χ2v) is 5.76. The molecular formula is C14H25NO2. The number of carbonyl (C=O) groups excluding carboxylic acids is 1. The van der Waals surface area contributed by atoms with E-state index in [0.717, 1.165) is 24.8 Å². The molecule has 2 aliphatic rings.